The van der Waals surface area contributed by atoms with Gasteiger partial charge in [-0.2, -0.15) is 5.10 Å². The minimum Gasteiger partial charge on any atom is -0.483 e. The van der Waals surface area contributed by atoms with E-state index in [1.165, 1.54) is 0 Å². The van der Waals surface area contributed by atoms with Crippen molar-refractivity contribution in [2.24, 2.45) is 5.10 Å². The van der Waals surface area contributed by atoms with E-state index in [-0.39, 0.29) is 12.5 Å². The van der Waals surface area contributed by atoms with Gasteiger partial charge in [-0.05, 0) is 36.2 Å². The summed E-state index contributed by atoms with van der Waals surface area (Å²) in [5.41, 5.74) is 12.4. The van der Waals surface area contributed by atoms with Crippen LogP contribution in [0.25, 0.3) is 11.1 Å². The van der Waals surface area contributed by atoms with Crippen LogP contribution in [0.2, 0.25) is 0 Å². The first-order valence-corrected chi connectivity index (χ1v) is 8.60. The molecule has 0 aliphatic carbocycles. The molecule has 0 radical (unpaired) electrons. The lowest BCUT2D eigenvalue weighted by Crippen LogP contribution is -2.25. The maximum Gasteiger partial charge on any atom is 0.277 e. The summed E-state index contributed by atoms with van der Waals surface area (Å²) in [6.07, 6.45) is 0. The van der Waals surface area contributed by atoms with Crippen molar-refractivity contribution in [2.45, 2.75) is 6.92 Å². The monoisotopic (exact) mass is 359 g/mol. The van der Waals surface area contributed by atoms with Crippen molar-refractivity contribution in [3.63, 3.8) is 0 Å². The molecular weight excluding hydrogens is 338 g/mol. The first-order valence-electron chi connectivity index (χ1n) is 8.60. The van der Waals surface area contributed by atoms with Crippen molar-refractivity contribution in [1.29, 1.82) is 0 Å². The van der Waals surface area contributed by atoms with Crippen molar-refractivity contribution < 1.29 is 9.53 Å². The molecule has 136 valence electrons. The van der Waals surface area contributed by atoms with Crippen LogP contribution in [0.3, 0.4) is 0 Å². The zero-order valence-electron chi connectivity index (χ0n) is 15.1. The highest BCUT2D eigenvalue weighted by atomic mass is 16.5. The second-order valence-corrected chi connectivity index (χ2v) is 6.01. The topological polar surface area (TPSA) is 76.7 Å². The summed E-state index contributed by atoms with van der Waals surface area (Å²) in [5.74, 6) is 0.316. The lowest BCUT2D eigenvalue weighted by atomic mass is 10.1. The molecule has 1 amide bonds. The predicted molar refractivity (Wildman–Crippen MR) is 109 cm³/mol. The van der Waals surface area contributed by atoms with Crippen LogP contribution in [-0.2, 0) is 4.79 Å². The minimum atomic E-state index is -0.332. The molecule has 0 bridgehead atoms. The summed E-state index contributed by atoms with van der Waals surface area (Å²) in [5, 5.41) is 4.11. The number of hydrazone groups is 1. The van der Waals surface area contributed by atoms with Crippen molar-refractivity contribution >= 4 is 17.3 Å². The Morgan fingerprint density at radius 3 is 2.52 bits per heavy atom. The van der Waals surface area contributed by atoms with Crippen molar-refractivity contribution in [2.75, 3.05) is 12.3 Å². The van der Waals surface area contributed by atoms with Gasteiger partial charge in [0.2, 0.25) is 0 Å². The molecule has 3 rings (SSSR count). The number of amides is 1. The maximum absolute atomic E-state index is 12.1. The molecule has 0 saturated heterocycles. The van der Waals surface area contributed by atoms with Gasteiger partial charge in [-0.15, -0.1) is 0 Å². The van der Waals surface area contributed by atoms with E-state index in [1.54, 1.807) is 19.1 Å². The lowest BCUT2D eigenvalue weighted by molar-refractivity contribution is -0.123. The average Bonchev–Trinajstić information content (AvgIpc) is 2.71. The smallest absolute Gasteiger partial charge is 0.277 e. The fourth-order valence-corrected chi connectivity index (χ4v) is 2.60. The molecular formula is C22H21N3O2. The molecule has 0 aliphatic heterocycles. The molecule has 0 aliphatic rings. The van der Waals surface area contributed by atoms with E-state index < -0.39 is 0 Å². The summed E-state index contributed by atoms with van der Waals surface area (Å²) in [7, 11) is 0. The number of benzene rings is 3. The van der Waals surface area contributed by atoms with Crippen LogP contribution in [-0.4, -0.2) is 18.2 Å². The first kappa shape index (κ1) is 18.2. The van der Waals surface area contributed by atoms with Crippen LogP contribution in [0, 0.1) is 0 Å². The van der Waals surface area contributed by atoms with E-state index in [1.807, 2.05) is 66.7 Å². The van der Waals surface area contributed by atoms with Crippen molar-refractivity contribution in [1.82, 2.24) is 5.43 Å². The van der Waals surface area contributed by atoms with E-state index in [0.717, 1.165) is 16.7 Å². The normalized spacial score (nSPS) is 11.1. The largest absolute Gasteiger partial charge is 0.483 e. The quantitative estimate of drug-likeness (QED) is 0.399. The number of nitrogens with two attached hydrogens (primary N) is 1. The Morgan fingerprint density at radius 1 is 1.00 bits per heavy atom. The molecule has 27 heavy (non-hydrogen) atoms. The number of anilines is 1. The second-order valence-electron chi connectivity index (χ2n) is 6.01. The zero-order chi connectivity index (χ0) is 19.1. The average molecular weight is 359 g/mol. The van der Waals surface area contributed by atoms with Gasteiger partial charge in [0.1, 0.15) is 5.75 Å². The molecule has 5 heteroatoms. The maximum atomic E-state index is 12.1. The van der Waals surface area contributed by atoms with E-state index >= 15 is 0 Å². The molecule has 3 N–H and O–H groups in total. The van der Waals surface area contributed by atoms with E-state index in [4.69, 9.17) is 10.5 Å². The summed E-state index contributed by atoms with van der Waals surface area (Å²) in [6.45, 7) is 1.68. The summed E-state index contributed by atoms with van der Waals surface area (Å²) in [6, 6.07) is 24.8. The molecule has 3 aromatic rings. The number of hydrogen-bond acceptors (Lipinski definition) is 4. The molecule has 0 saturated carbocycles. The molecule has 0 fully saturated rings. The number of nitrogens with zero attached hydrogens (tertiary/aromatic N) is 1. The first-order chi connectivity index (χ1) is 13.1. The Labute approximate surface area is 158 Å². The highest BCUT2D eigenvalue weighted by Gasteiger charge is 2.08. The van der Waals surface area contributed by atoms with Gasteiger partial charge in [0.25, 0.3) is 5.91 Å². The van der Waals surface area contributed by atoms with Crippen molar-refractivity contribution in [3.8, 4) is 16.9 Å². The van der Waals surface area contributed by atoms with Crippen LogP contribution < -0.4 is 15.9 Å². The second kappa shape index (κ2) is 8.67. The van der Waals surface area contributed by atoms with Gasteiger partial charge >= 0.3 is 0 Å². The Morgan fingerprint density at radius 2 is 1.74 bits per heavy atom. The standard InChI is InChI=1S/C22H21N3O2/c1-16(18-10-7-11-19(23)14-18)24-25-22(26)15-27-21-13-6-5-12-20(21)17-8-3-2-4-9-17/h2-14H,15,23H2,1H3,(H,25,26). The van der Waals surface area contributed by atoms with Crippen LogP contribution in [0.1, 0.15) is 12.5 Å². The van der Waals surface area contributed by atoms with Gasteiger partial charge < -0.3 is 10.5 Å². The number of carbonyl (C=O) groups excluding carboxylic acids is 1. The van der Waals surface area contributed by atoms with Crippen molar-refractivity contribution in [3.05, 3.63) is 84.4 Å². The van der Waals surface area contributed by atoms with Crippen LogP contribution in [0.4, 0.5) is 5.69 Å². The fraction of sp³-hybridized carbons (Fsp3) is 0.0909. The van der Waals surface area contributed by atoms with E-state index in [2.05, 4.69) is 10.5 Å². The molecule has 0 heterocycles. The number of nitrogens with one attached hydrogen (secondary N) is 1. The minimum absolute atomic E-state index is 0.127. The van der Waals surface area contributed by atoms with E-state index in [9.17, 15) is 4.79 Å². The zero-order valence-corrected chi connectivity index (χ0v) is 15.1. The number of carbonyl (C=O) groups is 1. The van der Waals surface area contributed by atoms with Gasteiger partial charge in [-0.1, -0.05) is 60.7 Å². The molecule has 3 aromatic carbocycles. The Hall–Kier alpha value is -3.60. The fourth-order valence-electron chi connectivity index (χ4n) is 2.60. The Bertz CT molecular complexity index is 953. The molecule has 0 unspecified atom stereocenters. The molecule has 0 spiro atoms. The van der Waals surface area contributed by atoms with Crippen LogP contribution in [0.5, 0.6) is 5.75 Å². The van der Waals surface area contributed by atoms with Crippen LogP contribution in [0.15, 0.2) is 84.0 Å². The Kier molecular flexibility index (Phi) is 5.84. The Balaban J connectivity index is 1.63. The molecule has 5 nitrogen and oxygen atoms in total. The number of hydrogen-bond donors (Lipinski definition) is 2. The molecule has 0 aromatic heterocycles. The van der Waals surface area contributed by atoms with Gasteiger partial charge in [0.05, 0.1) is 5.71 Å². The van der Waals surface area contributed by atoms with Gasteiger partial charge in [0, 0.05) is 11.3 Å². The van der Waals surface area contributed by atoms with Gasteiger partial charge in [-0.3, -0.25) is 4.79 Å². The van der Waals surface area contributed by atoms with Crippen LogP contribution >= 0.6 is 0 Å². The molecule has 0 atom stereocenters. The summed E-state index contributed by atoms with van der Waals surface area (Å²) >= 11 is 0. The predicted octanol–water partition coefficient (Wildman–Crippen LogP) is 3.86. The van der Waals surface area contributed by atoms with Gasteiger partial charge in [-0.25, -0.2) is 5.43 Å². The third-order valence-corrected chi connectivity index (χ3v) is 3.98. The highest BCUT2D eigenvalue weighted by molar-refractivity contribution is 5.99. The number of nitrogen functional groups attached to an aromatic ring is 1. The number of ether oxygens (including phenoxy) is 1. The third kappa shape index (κ3) is 4.95. The third-order valence-electron chi connectivity index (χ3n) is 3.98. The van der Waals surface area contributed by atoms with Gasteiger partial charge in [0.15, 0.2) is 6.61 Å². The SMILES string of the molecule is CC(=NNC(=O)COc1ccccc1-c1ccccc1)c1cccc(N)c1. The number of para-hydroxylation sites is 1. The highest BCUT2D eigenvalue weighted by Crippen LogP contribution is 2.29. The number of rotatable bonds is 6. The van der Waals surface area contributed by atoms with E-state index in [0.29, 0.717) is 17.1 Å². The summed E-state index contributed by atoms with van der Waals surface area (Å²) < 4.78 is 5.71. The summed E-state index contributed by atoms with van der Waals surface area (Å²) in [4.78, 5) is 12.1. The lowest BCUT2D eigenvalue weighted by Gasteiger charge is -2.11.